The minimum atomic E-state index is -0.129. The topological polar surface area (TPSA) is 38.7 Å². The minimum Gasteiger partial charge on any atom is -0.391 e. The Morgan fingerprint density at radius 2 is 2.06 bits per heavy atom. The maximum atomic E-state index is 11.9. The number of benzene rings is 1. The van der Waals surface area contributed by atoms with Gasteiger partial charge in [0.2, 0.25) is 0 Å². The third-order valence-electron chi connectivity index (χ3n) is 3.28. The first-order valence-corrected chi connectivity index (χ1v) is 5.68. The van der Waals surface area contributed by atoms with Crippen molar-refractivity contribution in [1.82, 2.24) is 0 Å². The second-order valence-electron chi connectivity index (χ2n) is 4.32. The van der Waals surface area contributed by atoms with Crippen LogP contribution in [0.1, 0.15) is 24.8 Å². The predicted octanol–water partition coefficient (Wildman–Crippen LogP) is 2.16. The van der Waals surface area contributed by atoms with Gasteiger partial charge in [-0.05, 0) is 12.8 Å². The van der Waals surface area contributed by atoms with E-state index in [1.165, 1.54) is 0 Å². The fraction of sp³-hybridized carbons (Fsp3) is 0.385. The Morgan fingerprint density at radius 3 is 2.88 bits per heavy atom. The molecule has 3 heteroatoms. The second kappa shape index (κ2) is 3.74. The Balaban J connectivity index is 1.95. The lowest BCUT2D eigenvalue weighted by atomic mass is 9.81. The van der Waals surface area contributed by atoms with Crippen molar-refractivity contribution in [1.29, 1.82) is 0 Å². The first kappa shape index (κ1) is 9.58. The van der Waals surface area contributed by atoms with Crippen molar-refractivity contribution in [2.45, 2.75) is 25.4 Å². The molecule has 1 saturated carbocycles. The molecule has 0 amide bonds. The summed E-state index contributed by atoms with van der Waals surface area (Å²) in [6.45, 7) is 0. The molecule has 3 rings (SSSR count). The van der Waals surface area contributed by atoms with Crippen molar-refractivity contribution in [2.24, 2.45) is 11.1 Å². The number of hydrogen-bond acceptors (Lipinski definition) is 3. The Kier molecular flexibility index (Phi) is 2.24. The van der Waals surface area contributed by atoms with E-state index in [1.54, 1.807) is 0 Å². The van der Waals surface area contributed by atoms with Crippen LogP contribution in [-0.2, 0) is 9.63 Å². The highest BCUT2D eigenvalue weighted by Crippen LogP contribution is 2.32. The third kappa shape index (κ3) is 1.43. The van der Waals surface area contributed by atoms with Crippen LogP contribution in [0.25, 0.3) is 0 Å². The van der Waals surface area contributed by atoms with Gasteiger partial charge < -0.3 is 4.84 Å². The van der Waals surface area contributed by atoms with Crippen LogP contribution < -0.4 is 0 Å². The van der Waals surface area contributed by atoms with Crippen molar-refractivity contribution in [3.8, 4) is 0 Å². The molecule has 0 bridgehead atoms. The molecule has 0 spiro atoms. The standard InChI is InChI=1S/C13H13NO2/c15-10-7-4-8-11-12(10)13(14-16-11)9-5-2-1-3-6-9/h1-3,5-6,11-12H,4,7-8H2/t11-,12+/m0/s1. The van der Waals surface area contributed by atoms with Crippen molar-refractivity contribution >= 4 is 11.5 Å². The number of hydrogen-bond donors (Lipinski definition) is 0. The van der Waals surface area contributed by atoms with Crippen LogP contribution in [0, 0.1) is 5.92 Å². The summed E-state index contributed by atoms with van der Waals surface area (Å²) in [4.78, 5) is 17.3. The number of ketones is 1. The van der Waals surface area contributed by atoms with E-state index in [9.17, 15) is 4.79 Å². The van der Waals surface area contributed by atoms with Crippen LogP contribution >= 0.6 is 0 Å². The fourth-order valence-electron chi connectivity index (χ4n) is 2.47. The van der Waals surface area contributed by atoms with Crippen molar-refractivity contribution in [3.63, 3.8) is 0 Å². The summed E-state index contributed by atoms with van der Waals surface area (Å²) in [7, 11) is 0. The van der Waals surface area contributed by atoms with Crippen LogP contribution in [0.4, 0.5) is 0 Å². The maximum Gasteiger partial charge on any atom is 0.145 e. The van der Waals surface area contributed by atoms with Crippen LogP contribution in [0.5, 0.6) is 0 Å². The molecule has 1 aliphatic carbocycles. The summed E-state index contributed by atoms with van der Waals surface area (Å²) >= 11 is 0. The second-order valence-corrected chi connectivity index (χ2v) is 4.32. The maximum absolute atomic E-state index is 11.9. The third-order valence-corrected chi connectivity index (χ3v) is 3.28. The van der Waals surface area contributed by atoms with E-state index in [1.807, 2.05) is 30.3 Å². The molecule has 1 aromatic rings. The highest BCUT2D eigenvalue weighted by atomic mass is 16.6. The average molecular weight is 215 g/mol. The molecule has 1 fully saturated rings. The molecule has 0 aromatic heterocycles. The molecular weight excluding hydrogens is 202 g/mol. The van der Waals surface area contributed by atoms with E-state index in [0.717, 1.165) is 24.1 Å². The van der Waals surface area contributed by atoms with Gasteiger partial charge >= 0.3 is 0 Å². The van der Waals surface area contributed by atoms with Gasteiger partial charge in [0, 0.05) is 12.0 Å². The molecule has 1 aromatic carbocycles. The van der Waals surface area contributed by atoms with Gasteiger partial charge in [0.1, 0.15) is 23.5 Å². The number of rotatable bonds is 1. The zero-order valence-corrected chi connectivity index (χ0v) is 8.93. The summed E-state index contributed by atoms with van der Waals surface area (Å²) in [5.74, 6) is 0.146. The van der Waals surface area contributed by atoms with Crippen LogP contribution in [0.3, 0.4) is 0 Å². The number of fused-ring (bicyclic) bond motifs is 1. The van der Waals surface area contributed by atoms with Gasteiger partial charge in [-0.25, -0.2) is 0 Å². The van der Waals surface area contributed by atoms with E-state index in [4.69, 9.17) is 4.84 Å². The normalized spacial score (nSPS) is 28.2. The van der Waals surface area contributed by atoms with E-state index in [0.29, 0.717) is 6.42 Å². The summed E-state index contributed by atoms with van der Waals surface area (Å²) in [5.41, 5.74) is 1.82. The average Bonchev–Trinajstić information content (AvgIpc) is 2.75. The zero-order valence-electron chi connectivity index (χ0n) is 8.93. The molecular formula is C13H13NO2. The molecule has 16 heavy (non-hydrogen) atoms. The van der Waals surface area contributed by atoms with Crippen molar-refractivity contribution in [2.75, 3.05) is 0 Å². The monoisotopic (exact) mass is 215 g/mol. The summed E-state index contributed by atoms with van der Waals surface area (Å²) in [5, 5.41) is 4.10. The van der Waals surface area contributed by atoms with Gasteiger partial charge in [-0.3, -0.25) is 4.79 Å². The highest BCUT2D eigenvalue weighted by molar-refractivity contribution is 6.14. The summed E-state index contributed by atoms with van der Waals surface area (Å²) in [6, 6.07) is 9.83. The number of carbonyl (C=O) groups excluding carboxylic acids is 1. The number of oxime groups is 1. The Bertz CT molecular complexity index is 439. The number of Topliss-reactive ketones (excluding diaryl/α,β-unsaturated/α-hetero) is 1. The molecule has 2 aliphatic rings. The van der Waals surface area contributed by atoms with Gasteiger partial charge in [0.15, 0.2) is 0 Å². The molecule has 82 valence electrons. The SMILES string of the molecule is O=C1CCC[C@@H]2ON=C(c3ccccc3)[C@H]12. The molecule has 1 aliphatic heterocycles. The highest BCUT2D eigenvalue weighted by Gasteiger charge is 2.42. The van der Waals surface area contributed by atoms with Gasteiger partial charge in [-0.15, -0.1) is 0 Å². The number of nitrogens with zero attached hydrogens (tertiary/aromatic N) is 1. The predicted molar refractivity (Wildman–Crippen MR) is 60.2 cm³/mol. The fourth-order valence-corrected chi connectivity index (χ4v) is 2.47. The molecule has 0 saturated heterocycles. The lowest BCUT2D eigenvalue weighted by Gasteiger charge is -2.22. The van der Waals surface area contributed by atoms with Crippen LogP contribution in [0.2, 0.25) is 0 Å². The molecule has 1 heterocycles. The first-order valence-electron chi connectivity index (χ1n) is 5.68. The molecule has 0 unspecified atom stereocenters. The smallest absolute Gasteiger partial charge is 0.145 e. The summed E-state index contributed by atoms with van der Waals surface area (Å²) in [6.07, 6.45) is 2.51. The number of carbonyl (C=O) groups is 1. The Hall–Kier alpha value is -1.64. The van der Waals surface area contributed by atoms with Gasteiger partial charge in [-0.2, -0.15) is 0 Å². The summed E-state index contributed by atoms with van der Waals surface area (Å²) < 4.78 is 0. The van der Waals surface area contributed by atoms with Gasteiger partial charge in [0.25, 0.3) is 0 Å². The minimum absolute atomic E-state index is 0.0172. The van der Waals surface area contributed by atoms with Crippen LogP contribution in [-0.4, -0.2) is 17.6 Å². The van der Waals surface area contributed by atoms with Gasteiger partial charge in [-0.1, -0.05) is 35.5 Å². The lowest BCUT2D eigenvalue weighted by Crippen LogP contribution is -2.35. The van der Waals surface area contributed by atoms with E-state index in [-0.39, 0.29) is 17.8 Å². The largest absolute Gasteiger partial charge is 0.391 e. The molecule has 0 N–H and O–H groups in total. The Morgan fingerprint density at radius 1 is 1.25 bits per heavy atom. The van der Waals surface area contributed by atoms with Gasteiger partial charge in [0.05, 0.1) is 0 Å². The van der Waals surface area contributed by atoms with E-state index >= 15 is 0 Å². The Labute approximate surface area is 94.1 Å². The first-order chi connectivity index (χ1) is 7.86. The van der Waals surface area contributed by atoms with Crippen molar-refractivity contribution < 1.29 is 9.63 Å². The molecule has 0 radical (unpaired) electrons. The molecule has 3 nitrogen and oxygen atoms in total. The van der Waals surface area contributed by atoms with E-state index in [2.05, 4.69) is 5.16 Å². The van der Waals surface area contributed by atoms with Crippen molar-refractivity contribution in [3.05, 3.63) is 35.9 Å². The van der Waals surface area contributed by atoms with E-state index < -0.39 is 0 Å². The quantitative estimate of drug-likeness (QED) is 0.720. The van der Waals surface area contributed by atoms with Crippen LogP contribution in [0.15, 0.2) is 35.5 Å². The lowest BCUT2D eigenvalue weighted by molar-refractivity contribution is -0.126. The molecule has 2 atom stereocenters. The zero-order chi connectivity index (χ0) is 11.0.